The van der Waals surface area contributed by atoms with Gasteiger partial charge in [-0.1, -0.05) is 20.8 Å². The lowest BCUT2D eigenvalue weighted by atomic mass is 9.93. The van der Waals surface area contributed by atoms with Gasteiger partial charge in [0, 0.05) is 6.42 Å². The topological polar surface area (TPSA) is 25.8 Å². The summed E-state index contributed by atoms with van der Waals surface area (Å²) in [4.78, 5) is 4.11. The number of aromatic nitrogens is 2. The summed E-state index contributed by atoms with van der Waals surface area (Å²) in [5, 5.41) is 1.13. The molecule has 0 amide bonds. The zero-order chi connectivity index (χ0) is 7.61. The summed E-state index contributed by atoms with van der Waals surface area (Å²) in [6.07, 6.45) is 2.64. The van der Waals surface area contributed by atoms with Crippen molar-refractivity contribution in [2.75, 3.05) is 0 Å². The fourth-order valence-electron chi connectivity index (χ4n) is 0.728. The maximum absolute atomic E-state index is 4.11. The summed E-state index contributed by atoms with van der Waals surface area (Å²) in [5.41, 5.74) is 0.333. The van der Waals surface area contributed by atoms with Crippen molar-refractivity contribution < 1.29 is 0 Å². The Balaban J connectivity index is 2.57. The van der Waals surface area contributed by atoms with Gasteiger partial charge in [0.05, 0.1) is 0 Å². The van der Waals surface area contributed by atoms with Crippen molar-refractivity contribution in [3.05, 3.63) is 11.3 Å². The van der Waals surface area contributed by atoms with Crippen LogP contribution in [0.2, 0.25) is 0 Å². The highest BCUT2D eigenvalue weighted by atomic mass is 32.1. The molecule has 3 heteroatoms. The molecule has 0 spiro atoms. The predicted octanol–water partition coefficient (Wildman–Crippen LogP) is 2.13. The monoisotopic (exact) mass is 156 g/mol. The molecule has 10 heavy (non-hydrogen) atoms. The highest BCUT2D eigenvalue weighted by Crippen LogP contribution is 2.20. The van der Waals surface area contributed by atoms with Gasteiger partial charge in [0.2, 0.25) is 0 Å². The van der Waals surface area contributed by atoms with Crippen molar-refractivity contribution in [1.29, 1.82) is 0 Å². The van der Waals surface area contributed by atoms with Gasteiger partial charge in [0.1, 0.15) is 11.3 Å². The van der Waals surface area contributed by atoms with E-state index in [1.807, 2.05) is 0 Å². The minimum absolute atomic E-state index is 0.333. The molecule has 0 aliphatic heterocycles. The van der Waals surface area contributed by atoms with Gasteiger partial charge in [-0.2, -0.15) is 4.37 Å². The first-order valence-corrected chi connectivity index (χ1v) is 4.11. The number of nitrogens with zero attached hydrogens (tertiary/aromatic N) is 2. The van der Waals surface area contributed by atoms with Crippen LogP contribution >= 0.6 is 11.5 Å². The quantitative estimate of drug-likeness (QED) is 0.622. The Bertz CT molecular complexity index is 186. The average Bonchev–Trinajstić information content (AvgIpc) is 2.12. The van der Waals surface area contributed by atoms with Gasteiger partial charge in [-0.15, -0.1) is 0 Å². The lowest BCUT2D eigenvalue weighted by Gasteiger charge is -2.14. The van der Waals surface area contributed by atoms with E-state index in [1.54, 1.807) is 6.33 Å². The average molecular weight is 156 g/mol. The van der Waals surface area contributed by atoms with Gasteiger partial charge in [-0.3, -0.25) is 0 Å². The molecule has 2 nitrogen and oxygen atoms in total. The van der Waals surface area contributed by atoms with Crippen molar-refractivity contribution >= 4 is 11.5 Å². The van der Waals surface area contributed by atoms with E-state index in [1.165, 1.54) is 11.5 Å². The summed E-state index contributed by atoms with van der Waals surface area (Å²) in [6, 6.07) is 0. The second kappa shape index (κ2) is 2.66. The van der Waals surface area contributed by atoms with Crippen LogP contribution in [0.4, 0.5) is 0 Å². The molecule has 0 saturated carbocycles. The summed E-state index contributed by atoms with van der Waals surface area (Å²) in [6.45, 7) is 6.61. The minimum atomic E-state index is 0.333. The molecule has 1 rings (SSSR count). The smallest absolute Gasteiger partial charge is 0.129 e. The van der Waals surface area contributed by atoms with E-state index in [9.17, 15) is 0 Å². The van der Waals surface area contributed by atoms with Crippen molar-refractivity contribution in [1.82, 2.24) is 9.36 Å². The molecule has 0 atom stereocenters. The van der Waals surface area contributed by atoms with Crippen LogP contribution < -0.4 is 0 Å². The SMILES string of the molecule is CC(C)(C)Cc1ncns1. The van der Waals surface area contributed by atoms with Crippen LogP contribution in [0.25, 0.3) is 0 Å². The van der Waals surface area contributed by atoms with Crippen LogP contribution in [0.5, 0.6) is 0 Å². The zero-order valence-corrected chi connectivity index (χ0v) is 7.40. The molecule has 0 fully saturated rings. The molecule has 0 radical (unpaired) electrons. The van der Waals surface area contributed by atoms with Crippen LogP contribution in [0.1, 0.15) is 25.8 Å². The van der Waals surface area contributed by atoms with Gasteiger partial charge in [-0.05, 0) is 16.9 Å². The fourth-order valence-corrected chi connectivity index (χ4v) is 1.54. The highest BCUT2D eigenvalue weighted by molar-refractivity contribution is 7.05. The van der Waals surface area contributed by atoms with Gasteiger partial charge in [0.25, 0.3) is 0 Å². The molecular formula is C7H12N2S. The molecule has 0 aliphatic carbocycles. The van der Waals surface area contributed by atoms with E-state index in [2.05, 4.69) is 30.1 Å². The Hall–Kier alpha value is -0.440. The Kier molecular flexibility index (Phi) is 2.04. The van der Waals surface area contributed by atoms with Gasteiger partial charge >= 0.3 is 0 Å². The third-order valence-electron chi connectivity index (χ3n) is 1.09. The molecule has 1 aromatic heterocycles. The molecule has 56 valence electrons. The van der Waals surface area contributed by atoms with Crippen LogP contribution in [0.15, 0.2) is 6.33 Å². The molecule has 1 heterocycles. The largest absolute Gasteiger partial charge is 0.228 e. The Morgan fingerprint density at radius 1 is 1.50 bits per heavy atom. The lowest BCUT2D eigenvalue weighted by molar-refractivity contribution is 0.410. The molecule has 0 saturated heterocycles. The van der Waals surface area contributed by atoms with E-state index in [0.29, 0.717) is 5.41 Å². The van der Waals surface area contributed by atoms with Crippen molar-refractivity contribution in [3.63, 3.8) is 0 Å². The standard InChI is InChI=1S/C7H12N2S/c1-7(2,3)4-6-8-5-9-10-6/h5H,4H2,1-3H3. The molecular weight excluding hydrogens is 144 g/mol. The summed E-state index contributed by atoms with van der Waals surface area (Å²) in [7, 11) is 0. The van der Waals surface area contributed by atoms with E-state index >= 15 is 0 Å². The van der Waals surface area contributed by atoms with Crippen molar-refractivity contribution in [2.24, 2.45) is 5.41 Å². The van der Waals surface area contributed by atoms with Gasteiger partial charge < -0.3 is 0 Å². The van der Waals surface area contributed by atoms with Gasteiger partial charge in [0.15, 0.2) is 0 Å². The molecule has 0 aromatic carbocycles. The van der Waals surface area contributed by atoms with Crippen molar-refractivity contribution in [2.45, 2.75) is 27.2 Å². The third-order valence-corrected chi connectivity index (χ3v) is 1.75. The lowest BCUT2D eigenvalue weighted by Crippen LogP contribution is -2.08. The van der Waals surface area contributed by atoms with E-state index in [0.717, 1.165) is 11.4 Å². The molecule has 1 aromatic rings. The minimum Gasteiger partial charge on any atom is -0.228 e. The number of hydrogen-bond acceptors (Lipinski definition) is 3. The van der Waals surface area contributed by atoms with Crippen LogP contribution in [0.3, 0.4) is 0 Å². The van der Waals surface area contributed by atoms with Gasteiger partial charge in [-0.25, -0.2) is 4.98 Å². The fraction of sp³-hybridized carbons (Fsp3) is 0.714. The molecule has 0 unspecified atom stereocenters. The summed E-state index contributed by atoms with van der Waals surface area (Å²) < 4.78 is 3.94. The molecule has 0 bridgehead atoms. The maximum atomic E-state index is 4.11. The molecule has 0 N–H and O–H groups in total. The zero-order valence-electron chi connectivity index (χ0n) is 6.59. The van der Waals surface area contributed by atoms with Crippen LogP contribution in [0, 0.1) is 5.41 Å². The summed E-state index contributed by atoms with van der Waals surface area (Å²) in [5.74, 6) is 0. The van der Waals surface area contributed by atoms with Crippen LogP contribution in [-0.4, -0.2) is 9.36 Å². The Morgan fingerprint density at radius 3 is 2.60 bits per heavy atom. The second-order valence-electron chi connectivity index (χ2n) is 3.57. The summed E-state index contributed by atoms with van der Waals surface area (Å²) >= 11 is 1.49. The Labute approximate surface area is 65.5 Å². The number of rotatable bonds is 1. The second-order valence-corrected chi connectivity index (χ2v) is 4.44. The first kappa shape index (κ1) is 7.66. The van der Waals surface area contributed by atoms with Crippen LogP contribution in [-0.2, 0) is 6.42 Å². The van der Waals surface area contributed by atoms with E-state index in [4.69, 9.17) is 0 Å². The van der Waals surface area contributed by atoms with Crippen molar-refractivity contribution in [3.8, 4) is 0 Å². The first-order valence-electron chi connectivity index (χ1n) is 3.33. The first-order chi connectivity index (χ1) is 4.58. The maximum Gasteiger partial charge on any atom is 0.129 e. The molecule has 0 aliphatic rings. The Morgan fingerprint density at radius 2 is 2.20 bits per heavy atom. The normalized spacial score (nSPS) is 11.9. The van der Waals surface area contributed by atoms with E-state index < -0.39 is 0 Å². The third kappa shape index (κ3) is 2.43. The predicted molar refractivity (Wildman–Crippen MR) is 43.1 cm³/mol. The van der Waals surface area contributed by atoms with E-state index in [-0.39, 0.29) is 0 Å². The highest BCUT2D eigenvalue weighted by Gasteiger charge is 2.12. The number of hydrogen-bond donors (Lipinski definition) is 0.